The molecule has 3 aromatic rings. The largest absolute Gasteiger partial charge is 0.494 e. The van der Waals surface area contributed by atoms with Crippen molar-refractivity contribution in [3.8, 4) is 17.1 Å². The smallest absolute Gasteiger partial charge is 0.316 e. The molecule has 2 aromatic heterocycles. The topological polar surface area (TPSA) is 174 Å². The van der Waals surface area contributed by atoms with Crippen molar-refractivity contribution in [3.05, 3.63) is 35.9 Å². The number of carbonyl (C=O) groups is 3. The van der Waals surface area contributed by atoms with E-state index in [0.717, 1.165) is 12.8 Å². The summed E-state index contributed by atoms with van der Waals surface area (Å²) in [7, 11) is 1.40. The summed E-state index contributed by atoms with van der Waals surface area (Å²) in [6, 6.07) is 6.27. The first kappa shape index (κ1) is 21.5. The number of benzene rings is 1. The van der Waals surface area contributed by atoms with Crippen LogP contribution in [0.5, 0.6) is 5.75 Å². The average molecular weight is 526 g/mol. The Balaban J connectivity index is 1.46. The van der Waals surface area contributed by atoms with Crippen LogP contribution in [-0.4, -0.2) is 83.3 Å². The third-order valence-electron chi connectivity index (χ3n) is 5.96. The summed E-state index contributed by atoms with van der Waals surface area (Å²) < 4.78 is 38.2. The fraction of sp³-hybridized carbons (Fsp3) is 0.375. The first-order valence-electron chi connectivity index (χ1n) is 13.3. The predicted octanol–water partition coefficient (Wildman–Crippen LogP) is 1.46. The molecule has 3 amide bonds. The van der Waals surface area contributed by atoms with E-state index in [4.69, 9.17) is 18.1 Å². The molecule has 2 aliphatic rings. The third-order valence-corrected chi connectivity index (χ3v) is 5.96. The van der Waals surface area contributed by atoms with Crippen LogP contribution in [0.4, 0.5) is 17.2 Å². The molecule has 5 rings (SSSR count). The van der Waals surface area contributed by atoms with Gasteiger partial charge in [-0.15, -0.1) is 10.2 Å². The number of ether oxygens (including phenoxy) is 2. The van der Waals surface area contributed by atoms with Crippen LogP contribution >= 0.6 is 0 Å². The monoisotopic (exact) mass is 525 g/mol. The molecule has 38 heavy (non-hydrogen) atoms. The van der Waals surface area contributed by atoms with Crippen LogP contribution in [0.25, 0.3) is 11.4 Å². The number of methoxy groups -OCH3 is 1. The van der Waals surface area contributed by atoms with E-state index in [1.807, 2.05) is 5.32 Å². The Bertz CT molecular complexity index is 1470. The van der Waals surface area contributed by atoms with Crippen LogP contribution in [0.3, 0.4) is 0 Å². The lowest BCUT2D eigenvalue weighted by Gasteiger charge is -2.25. The molecule has 1 aliphatic heterocycles. The zero-order valence-electron chi connectivity index (χ0n) is 23.3. The highest BCUT2D eigenvalue weighted by Gasteiger charge is 2.30. The summed E-state index contributed by atoms with van der Waals surface area (Å²) >= 11 is 0. The molecular formula is C24H26N8O6. The van der Waals surface area contributed by atoms with Crippen molar-refractivity contribution in [1.29, 1.82) is 0 Å². The molecule has 0 radical (unpaired) electrons. The third kappa shape index (κ3) is 5.25. The van der Waals surface area contributed by atoms with Crippen LogP contribution in [-0.2, 0) is 9.53 Å². The molecule has 1 saturated heterocycles. The maximum Gasteiger partial charge on any atom is 0.316 e. The highest BCUT2D eigenvalue weighted by atomic mass is 16.5. The van der Waals surface area contributed by atoms with Crippen LogP contribution in [0.15, 0.2) is 28.8 Å². The van der Waals surface area contributed by atoms with Crippen molar-refractivity contribution in [3.63, 3.8) is 0 Å². The molecule has 3 heterocycles. The molecule has 0 unspecified atom stereocenters. The second kappa shape index (κ2) is 10.8. The summed E-state index contributed by atoms with van der Waals surface area (Å²) in [5, 5.41) is 19.2. The van der Waals surface area contributed by atoms with E-state index >= 15 is 0 Å². The van der Waals surface area contributed by atoms with E-state index in [9.17, 15) is 14.4 Å². The fourth-order valence-electron chi connectivity index (χ4n) is 3.85. The minimum absolute atomic E-state index is 0.0413. The Hall–Kier alpha value is -4.59. The van der Waals surface area contributed by atoms with Gasteiger partial charge in [0.05, 0.1) is 37.3 Å². The number of morpholine rings is 1. The maximum absolute atomic E-state index is 12.8. The van der Waals surface area contributed by atoms with Gasteiger partial charge in [0.25, 0.3) is 5.91 Å². The highest BCUT2D eigenvalue weighted by Crippen LogP contribution is 2.37. The molecule has 0 spiro atoms. The van der Waals surface area contributed by atoms with Crippen LogP contribution in [0.2, 0.25) is 0 Å². The van der Waals surface area contributed by atoms with E-state index in [0.29, 0.717) is 37.6 Å². The number of para-hydroxylation sites is 1. The molecule has 1 aliphatic carbocycles. The van der Waals surface area contributed by atoms with Crippen molar-refractivity contribution in [1.82, 2.24) is 30.6 Å². The average Bonchev–Trinajstić information content (AvgIpc) is 3.69. The number of hydrogen-bond donors (Lipinski definition) is 3. The second-order valence-corrected chi connectivity index (χ2v) is 8.55. The Morgan fingerprint density at radius 1 is 1.16 bits per heavy atom. The number of nitrogens with one attached hydrogen (secondary N) is 3. The molecule has 1 saturated carbocycles. The lowest BCUT2D eigenvalue weighted by molar-refractivity contribution is -0.117. The molecule has 14 heteroatoms. The molecule has 198 valence electrons. The van der Waals surface area contributed by atoms with Gasteiger partial charge in [-0.25, -0.2) is 0 Å². The van der Waals surface area contributed by atoms with E-state index in [1.54, 1.807) is 23.1 Å². The Morgan fingerprint density at radius 3 is 2.71 bits per heavy atom. The van der Waals surface area contributed by atoms with E-state index in [2.05, 4.69) is 31.0 Å². The zero-order valence-corrected chi connectivity index (χ0v) is 20.3. The first-order chi connectivity index (χ1) is 19.6. The van der Waals surface area contributed by atoms with Gasteiger partial charge in [-0.05, 0) is 25.0 Å². The molecule has 14 nitrogen and oxygen atoms in total. The lowest BCUT2D eigenvalue weighted by atomic mass is 10.1. The predicted molar refractivity (Wildman–Crippen MR) is 133 cm³/mol. The van der Waals surface area contributed by atoms with Crippen molar-refractivity contribution in [2.45, 2.75) is 12.8 Å². The van der Waals surface area contributed by atoms with Crippen molar-refractivity contribution in [2.24, 2.45) is 5.92 Å². The Kier molecular flexibility index (Phi) is 6.11. The van der Waals surface area contributed by atoms with E-state index in [1.165, 1.54) is 13.2 Å². The summed E-state index contributed by atoms with van der Waals surface area (Å²) in [4.78, 5) is 43.6. The summed E-state index contributed by atoms with van der Waals surface area (Å²) in [5.74, 6) is -1.61. The Labute approximate surface area is 221 Å². The quantitative estimate of drug-likeness (QED) is 0.388. The molecule has 0 atom stereocenters. The standard InChI is InChI=1S/C24H26N8O6/c1-25-22(34)18-16(12-17(29-30-18)27-21(33)13-6-7-13)26-15-5-3-4-14(19(15)36-2)20-28-23(38-31-20)24(35)32-8-10-37-11-9-32/h3-5,12-13H,6-11H2,1-2H3,(H,25,34)(H2,26,27,29,33)/i1D3. The second-order valence-electron chi connectivity index (χ2n) is 8.55. The number of rotatable bonds is 8. The highest BCUT2D eigenvalue weighted by molar-refractivity contribution is 6.00. The van der Waals surface area contributed by atoms with Crippen LogP contribution < -0.4 is 20.7 Å². The number of aromatic nitrogens is 4. The van der Waals surface area contributed by atoms with Gasteiger partial charge in [0.1, 0.15) is 0 Å². The molecular weight excluding hydrogens is 496 g/mol. The summed E-state index contributed by atoms with van der Waals surface area (Å²) in [6.07, 6.45) is 1.53. The normalized spacial score (nSPS) is 16.6. The van der Waals surface area contributed by atoms with Crippen LogP contribution in [0.1, 0.15) is 38.1 Å². The summed E-state index contributed by atoms with van der Waals surface area (Å²) in [6.45, 7) is -1.14. The van der Waals surface area contributed by atoms with Gasteiger partial charge in [0.15, 0.2) is 17.3 Å². The number of amides is 3. The van der Waals surface area contributed by atoms with Gasteiger partial charge >= 0.3 is 11.8 Å². The number of hydrogen-bond acceptors (Lipinski definition) is 11. The first-order valence-corrected chi connectivity index (χ1v) is 11.8. The van der Waals surface area contributed by atoms with Crippen molar-refractivity contribution in [2.75, 3.05) is 51.0 Å². The van der Waals surface area contributed by atoms with Gasteiger partial charge in [-0.3, -0.25) is 14.4 Å². The van der Waals surface area contributed by atoms with Gasteiger partial charge < -0.3 is 34.8 Å². The van der Waals surface area contributed by atoms with Crippen molar-refractivity contribution >= 4 is 34.9 Å². The number of anilines is 3. The van der Waals surface area contributed by atoms with Gasteiger partial charge in [0, 0.05) is 36.2 Å². The molecule has 3 N–H and O–H groups in total. The number of nitrogens with zero attached hydrogens (tertiary/aromatic N) is 5. The minimum Gasteiger partial charge on any atom is -0.494 e. The van der Waals surface area contributed by atoms with Crippen molar-refractivity contribution < 1.29 is 32.5 Å². The fourth-order valence-corrected chi connectivity index (χ4v) is 3.85. The minimum atomic E-state index is -2.78. The maximum atomic E-state index is 12.8. The van der Waals surface area contributed by atoms with E-state index < -0.39 is 18.8 Å². The molecule has 0 bridgehead atoms. The lowest BCUT2D eigenvalue weighted by Crippen LogP contribution is -2.40. The zero-order chi connectivity index (χ0) is 29.1. The SMILES string of the molecule is [2H]C([2H])([2H])NC(=O)c1nnc(NC(=O)C2CC2)cc1Nc1cccc(-c2noc(C(=O)N3CCOCC3)n2)c1OC. The molecule has 1 aromatic carbocycles. The van der Waals surface area contributed by atoms with Crippen LogP contribution in [0, 0.1) is 5.92 Å². The number of carbonyl (C=O) groups excluding carboxylic acids is 3. The van der Waals surface area contributed by atoms with E-state index in [-0.39, 0.29) is 46.5 Å². The molecule has 2 fully saturated rings. The van der Waals surface area contributed by atoms with Gasteiger partial charge in [-0.2, -0.15) is 4.98 Å². The Morgan fingerprint density at radius 2 is 1.97 bits per heavy atom. The summed E-state index contributed by atoms with van der Waals surface area (Å²) in [5.41, 5.74) is 0.377. The van der Waals surface area contributed by atoms with Gasteiger partial charge in [-0.1, -0.05) is 11.2 Å². The van der Waals surface area contributed by atoms with Gasteiger partial charge in [0.2, 0.25) is 11.7 Å².